The van der Waals surface area contributed by atoms with Gasteiger partial charge in [-0.3, -0.25) is 9.36 Å². The number of anilines is 1. The second-order valence-corrected chi connectivity index (χ2v) is 5.03. The predicted molar refractivity (Wildman–Crippen MR) is 81.7 cm³/mol. The van der Waals surface area contributed by atoms with Crippen LogP contribution in [0.2, 0.25) is 0 Å². The summed E-state index contributed by atoms with van der Waals surface area (Å²) in [6.07, 6.45) is -1.69. The van der Waals surface area contributed by atoms with Gasteiger partial charge >= 0.3 is 12.2 Å². The number of carbonyl (C=O) groups excluding carboxylic acids is 1. The van der Waals surface area contributed by atoms with Gasteiger partial charge in [-0.05, 0) is 25.1 Å². The van der Waals surface area contributed by atoms with E-state index in [1.54, 1.807) is 6.92 Å². The van der Waals surface area contributed by atoms with E-state index in [-0.39, 0.29) is 24.3 Å². The fraction of sp³-hybridized carbons (Fsp3) is 0.267. The molecule has 2 amide bonds. The zero-order valence-electron chi connectivity index (χ0n) is 12.7. The SMILES string of the molecule is Cc1cncn(CCNC(=O)Nc2cccc(C(F)(F)F)c2)c1=O. The van der Waals surface area contributed by atoms with Gasteiger partial charge in [0, 0.05) is 30.5 Å². The van der Waals surface area contributed by atoms with Gasteiger partial charge in [0.25, 0.3) is 5.56 Å². The molecule has 0 fully saturated rings. The highest BCUT2D eigenvalue weighted by Crippen LogP contribution is 2.30. The maximum atomic E-state index is 12.6. The first-order chi connectivity index (χ1) is 11.3. The minimum Gasteiger partial charge on any atom is -0.336 e. The van der Waals surface area contributed by atoms with E-state index in [0.29, 0.717) is 5.56 Å². The number of aromatic nitrogens is 2. The van der Waals surface area contributed by atoms with Crippen molar-refractivity contribution in [1.29, 1.82) is 0 Å². The van der Waals surface area contributed by atoms with Crippen LogP contribution in [0.1, 0.15) is 11.1 Å². The summed E-state index contributed by atoms with van der Waals surface area (Å²) in [5.74, 6) is 0. The summed E-state index contributed by atoms with van der Waals surface area (Å²) in [7, 11) is 0. The number of aryl methyl sites for hydroxylation is 1. The fourth-order valence-electron chi connectivity index (χ4n) is 1.96. The maximum absolute atomic E-state index is 12.6. The third-order valence-corrected chi connectivity index (χ3v) is 3.16. The number of amides is 2. The van der Waals surface area contributed by atoms with E-state index in [2.05, 4.69) is 15.6 Å². The van der Waals surface area contributed by atoms with Gasteiger partial charge < -0.3 is 10.6 Å². The van der Waals surface area contributed by atoms with Crippen LogP contribution in [0.4, 0.5) is 23.7 Å². The van der Waals surface area contributed by atoms with Crippen LogP contribution in [0.25, 0.3) is 0 Å². The summed E-state index contributed by atoms with van der Waals surface area (Å²) in [5, 5.41) is 4.78. The summed E-state index contributed by atoms with van der Waals surface area (Å²) in [4.78, 5) is 27.3. The average molecular weight is 340 g/mol. The Bertz CT molecular complexity index is 787. The van der Waals surface area contributed by atoms with Gasteiger partial charge in [-0.15, -0.1) is 0 Å². The fourth-order valence-corrected chi connectivity index (χ4v) is 1.96. The summed E-state index contributed by atoms with van der Waals surface area (Å²) in [6, 6.07) is 3.65. The quantitative estimate of drug-likeness (QED) is 0.897. The van der Waals surface area contributed by atoms with Crippen molar-refractivity contribution in [2.24, 2.45) is 0 Å². The Morgan fingerprint density at radius 3 is 2.79 bits per heavy atom. The number of rotatable bonds is 4. The van der Waals surface area contributed by atoms with Crippen LogP contribution < -0.4 is 16.2 Å². The number of hydrogen-bond donors (Lipinski definition) is 2. The van der Waals surface area contributed by atoms with Gasteiger partial charge in [0.1, 0.15) is 0 Å². The highest BCUT2D eigenvalue weighted by atomic mass is 19.4. The standard InChI is InChI=1S/C15H15F3N4O2/c1-10-8-19-9-22(13(10)23)6-5-20-14(24)21-12-4-2-3-11(7-12)15(16,17)18/h2-4,7-9H,5-6H2,1H3,(H2,20,21,24). The number of nitrogens with one attached hydrogen (secondary N) is 2. The second kappa shape index (κ2) is 7.16. The Labute approximate surface area is 135 Å². The largest absolute Gasteiger partial charge is 0.416 e. The molecular formula is C15H15F3N4O2. The number of halogens is 3. The Hall–Kier alpha value is -2.84. The van der Waals surface area contributed by atoms with Crippen molar-refractivity contribution in [2.45, 2.75) is 19.6 Å². The summed E-state index contributed by atoms with van der Waals surface area (Å²) in [5.41, 5.74) is -0.564. The topological polar surface area (TPSA) is 76.0 Å². The molecule has 6 nitrogen and oxygen atoms in total. The predicted octanol–water partition coefficient (Wildman–Crippen LogP) is 2.39. The normalized spacial score (nSPS) is 11.2. The van der Waals surface area contributed by atoms with Crippen molar-refractivity contribution < 1.29 is 18.0 Å². The molecule has 0 aliphatic rings. The van der Waals surface area contributed by atoms with Crippen LogP contribution in [0, 0.1) is 6.92 Å². The number of carbonyl (C=O) groups is 1. The van der Waals surface area contributed by atoms with Crippen LogP contribution in [0.5, 0.6) is 0 Å². The van der Waals surface area contributed by atoms with E-state index in [1.807, 2.05) is 0 Å². The molecule has 0 aliphatic heterocycles. The van der Waals surface area contributed by atoms with Gasteiger partial charge in [-0.25, -0.2) is 9.78 Å². The number of benzene rings is 1. The lowest BCUT2D eigenvalue weighted by atomic mass is 10.2. The third kappa shape index (κ3) is 4.58. The number of urea groups is 1. The molecule has 128 valence electrons. The van der Waals surface area contributed by atoms with E-state index in [4.69, 9.17) is 0 Å². The van der Waals surface area contributed by atoms with Crippen molar-refractivity contribution in [3.05, 3.63) is 58.3 Å². The average Bonchev–Trinajstić information content (AvgIpc) is 2.51. The van der Waals surface area contributed by atoms with Gasteiger partial charge in [-0.2, -0.15) is 13.2 Å². The Kier molecular flexibility index (Phi) is 5.22. The Morgan fingerprint density at radius 2 is 2.08 bits per heavy atom. The number of nitrogens with zero attached hydrogens (tertiary/aromatic N) is 2. The monoisotopic (exact) mass is 340 g/mol. The molecule has 1 heterocycles. The molecule has 0 saturated carbocycles. The molecule has 0 radical (unpaired) electrons. The Morgan fingerprint density at radius 1 is 1.33 bits per heavy atom. The number of alkyl halides is 3. The lowest BCUT2D eigenvalue weighted by Crippen LogP contribution is -2.34. The van der Waals surface area contributed by atoms with Crippen LogP contribution >= 0.6 is 0 Å². The van der Waals surface area contributed by atoms with Crippen molar-refractivity contribution in [3.63, 3.8) is 0 Å². The lowest BCUT2D eigenvalue weighted by molar-refractivity contribution is -0.137. The van der Waals surface area contributed by atoms with Crippen LogP contribution in [0.3, 0.4) is 0 Å². The lowest BCUT2D eigenvalue weighted by Gasteiger charge is -2.11. The van der Waals surface area contributed by atoms with Crippen molar-refractivity contribution >= 4 is 11.7 Å². The van der Waals surface area contributed by atoms with Crippen molar-refractivity contribution in [2.75, 3.05) is 11.9 Å². The molecule has 1 aromatic heterocycles. The summed E-state index contributed by atoms with van der Waals surface area (Å²) in [6.45, 7) is 1.94. The van der Waals surface area contributed by atoms with E-state index in [9.17, 15) is 22.8 Å². The van der Waals surface area contributed by atoms with Crippen LogP contribution in [0.15, 0.2) is 41.6 Å². The molecule has 0 aliphatic carbocycles. The molecule has 1 aromatic carbocycles. The molecule has 0 atom stereocenters. The molecule has 0 bridgehead atoms. The molecule has 2 N–H and O–H groups in total. The highest BCUT2D eigenvalue weighted by molar-refractivity contribution is 5.89. The minimum atomic E-state index is -4.48. The number of hydrogen-bond acceptors (Lipinski definition) is 3. The molecule has 2 aromatic rings. The third-order valence-electron chi connectivity index (χ3n) is 3.16. The van der Waals surface area contributed by atoms with Crippen LogP contribution in [-0.4, -0.2) is 22.1 Å². The van der Waals surface area contributed by atoms with E-state index in [0.717, 1.165) is 12.1 Å². The molecule has 24 heavy (non-hydrogen) atoms. The Balaban J connectivity index is 1.90. The molecule has 0 unspecified atom stereocenters. The van der Waals surface area contributed by atoms with Gasteiger partial charge in [0.15, 0.2) is 0 Å². The highest BCUT2D eigenvalue weighted by Gasteiger charge is 2.30. The zero-order chi connectivity index (χ0) is 17.7. The second-order valence-electron chi connectivity index (χ2n) is 5.03. The van der Waals surface area contributed by atoms with Crippen molar-refractivity contribution in [1.82, 2.24) is 14.9 Å². The van der Waals surface area contributed by atoms with Crippen LogP contribution in [-0.2, 0) is 12.7 Å². The molecule has 2 rings (SSSR count). The van der Waals surface area contributed by atoms with Crippen molar-refractivity contribution in [3.8, 4) is 0 Å². The minimum absolute atomic E-state index is 0.0247. The first-order valence-corrected chi connectivity index (χ1v) is 7.00. The van der Waals surface area contributed by atoms with Gasteiger partial charge in [-0.1, -0.05) is 6.07 Å². The first-order valence-electron chi connectivity index (χ1n) is 7.00. The first kappa shape index (κ1) is 17.5. The van der Waals surface area contributed by atoms with E-state index in [1.165, 1.54) is 29.2 Å². The smallest absolute Gasteiger partial charge is 0.336 e. The van der Waals surface area contributed by atoms with Gasteiger partial charge in [0.2, 0.25) is 0 Å². The maximum Gasteiger partial charge on any atom is 0.416 e. The molecule has 0 spiro atoms. The molecule has 9 heteroatoms. The van der Waals surface area contributed by atoms with Gasteiger partial charge in [0.05, 0.1) is 11.9 Å². The summed E-state index contributed by atoms with van der Waals surface area (Å²) >= 11 is 0. The summed E-state index contributed by atoms with van der Waals surface area (Å²) < 4.78 is 39.1. The molecular weight excluding hydrogens is 325 g/mol. The molecule has 0 saturated heterocycles. The van der Waals surface area contributed by atoms with E-state index < -0.39 is 17.8 Å². The zero-order valence-corrected chi connectivity index (χ0v) is 12.7. The van der Waals surface area contributed by atoms with E-state index >= 15 is 0 Å².